The fourth-order valence-corrected chi connectivity index (χ4v) is 1.14. The molecule has 12 heavy (non-hydrogen) atoms. The molecule has 0 amide bonds. The molecule has 0 heterocycles. The van der Waals surface area contributed by atoms with Crippen LogP contribution in [0.25, 0.3) is 6.08 Å². The van der Waals surface area contributed by atoms with Gasteiger partial charge in [-0.05, 0) is 31.0 Å². The van der Waals surface area contributed by atoms with Gasteiger partial charge in [0.2, 0.25) is 0 Å². The summed E-state index contributed by atoms with van der Waals surface area (Å²) < 4.78 is 0. The van der Waals surface area contributed by atoms with Crippen molar-refractivity contribution in [1.29, 1.82) is 0 Å². The normalized spacial score (nSPS) is 10.8. The highest BCUT2D eigenvalue weighted by Crippen LogP contribution is 2.19. The molecule has 1 aromatic carbocycles. The Bertz CT molecular complexity index is 287. The van der Waals surface area contributed by atoms with E-state index in [0.717, 1.165) is 12.0 Å². The third kappa shape index (κ3) is 1.88. The highest BCUT2D eigenvalue weighted by molar-refractivity contribution is 5.57. The number of aromatic hydroxyl groups is 1. The molecule has 0 aliphatic carbocycles. The van der Waals surface area contributed by atoms with Crippen molar-refractivity contribution in [1.82, 2.24) is 0 Å². The topological polar surface area (TPSA) is 20.2 Å². The van der Waals surface area contributed by atoms with E-state index in [1.165, 1.54) is 5.56 Å². The number of phenolic OH excluding ortho intramolecular Hbond substituents is 1. The van der Waals surface area contributed by atoms with Crippen LogP contribution in [-0.4, -0.2) is 5.11 Å². The molecule has 1 aromatic rings. The van der Waals surface area contributed by atoms with E-state index in [1.807, 2.05) is 31.2 Å². The van der Waals surface area contributed by atoms with Crippen molar-refractivity contribution >= 4 is 6.08 Å². The third-order valence-corrected chi connectivity index (χ3v) is 1.85. The Morgan fingerprint density at radius 1 is 1.42 bits per heavy atom. The zero-order valence-electron chi connectivity index (χ0n) is 7.54. The van der Waals surface area contributed by atoms with E-state index in [9.17, 15) is 5.11 Å². The maximum Gasteiger partial charge on any atom is 0.122 e. The molecule has 64 valence electrons. The number of benzene rings is 1. The standard InChI is InChI=1S/C11H14O/c1-3-5-10-8-9(4-2)6-7-11(10)12/h3,5-8,12H,4H2,1-2H3. The van der Waals surface area contributed by atoms with Crippen LogP contribution >= 0.6 is 0 Å². The van der Waals surface area contributed by atoms with E-state index in [4.69, 9.17) is 0 Å². The number of rotatable bonds is 2. The van der Waals surface area contributed by atoms with Crippen LogP contribution in [0, 0.1) is 0 Å². The van der Waals surface area contributed by atoms with Crippen molar-refractivity contribution in [3.63, 3.8) is 0 Å². The van der Waals surface area contributed by atoms with Gasteiger partial charge in [0.05, 0.1) is 0 Å². The molecular formula is C11H14O. The van der Waals surface area contributed by atoms with Gasteiger partial charge in [-0.25, -0.2) is 0 Å². The predicted molar refractivity (Wildman–Crippen MR) is 52.2 cm³/mol. The highest BCUT2D eigenvalue weighted by atomic mass is 16.3. The number of allylic oxidation sites excluding steroid dienone is 1. The maximum atomic E-state index is 9.41. The van der Waals surface area contributed by atoms with Crippen molar-refractivity contribution in [2.45, 2.75) is 20.3 Å². The molecule has 1 heteroatoms. The third-order valence-electron chi connectivity index (χ3n) is 1.85. The van der Waals surface area contributed by atoms with Gasteiger partial charge in [0.1, 0.15) is 5.75 Å². The second-order valence-corrected chi connectivity index (χ2v) is 2.75. The first-order valence-corrected chi connectivity index (χ1v) is 4.22. The van der Waals surface area contributed by atoms with E-state index in [-0.39, 0.29) is 0 Å². The number of aryl methyl sites for hydroxylation is 1. The zero-order valence-corrected chi connectivity index (χ0v) is 7.54. The van der Waals surface area contributed by atoms with Gasteiger partial charge in [0.15, 0.2) is 0 Å². The van der Waals surface area contributed by atoms with Crippen molar-refractivity contribution < 1.29 is 5.11 Å². The minimum atomic E-state index is 0.352. The summed E-state index contributed by atoms with van der Waals surface area (Å²) in [5.74, 6) is 0.352. The van der Waals surface area contributed by atoms with Crippen LogP contribution in [0.15, 0.2) is 24.3 Å². The Labute approximate surface area is 73.4 Å². The molecule has 0 saturated carbocycles. The molecule has 0 radical (unpaired) electrons. The summed E-state index contributed by atoms with van der Waals surface area (Å²) in [5, 5.41) is 9.41. The first kappa shape index (κ1) is 8.85. The second-order valence-electron chi connectivity index (χ2n) is 2.75. The summed E-state index contributed by atoms with van der Waals surface area (Å²) >= 11 is 0. The summed E-state index contributed by atoms with van der Waals surface area (Å²) in [6.07, 6.45) is 4.84. The lowest BCUT2D eigenvalue weighted by molar-refractivity contribution is 0.474. The van der Waals surface area contributed by atoms with Gasteiger partial charge in [-0.15, -0.1) is 0 Å². The Balaban J connectivity index is 3.08. The number of hydrogen-bond donors (Lipinski definition) is 1. The second kappa shape index (κ2) is 3.96. The molecule has 1 N–H and O–H groups in total. The first-order valence-electron chi connectivity index (χ1n) is 4.22. The van der Waals surface area contributed by atoms with Crippen molar-refractivity contribution in [3.05, 3.63) is 35.4 Å². The highest BCUT2D eigenvalue weighted by Gasteiger charge is 1.97. The van der Waals surface area contributed by atoms with Gasteiger partial charge in [-0.1, -0.05) is 25.1 Å². The smallest absolute Gasteiger partial charge is 0.122 e. The van der Waals surface area contributed by atoms with E-state index in [1.54, 1.807) is 6.07 Å². The first-order chi connectivity index (χ1) is 5.77. The largest absolute Gasteiger partial charge is 0.507 e. The molecule has 0 fully saturated rings. The summed E-state index contributed by atoms with van der Waals surface area (Å²) in [5.41, 5.74) is 2.15. The van der Waals surface area contributed by atoms with E-state index in [0.29, 0.717) is 5.75 Å². The average Bonchev–Trinajstić information content (AvgIpc) is 2.09. The lowest BCUT2D eigenvalue weighted by Crippen LogP contribution is -1.81. The fourth-order valence-electron chi connectivity index (χ4n) is 1.14. The zero-order chi connectivity index (χ0) is 8.97. The summed E-state index contributed by atoms with van der Waals surface area (Å²) in [6, 6.07) is 5.70. The number of phenols is 1. The Morgan fingerprint density at radius 3 is 2.75 bits per heavy atom. The predicted octanol–water partition coefficient (Wildman–Crippen LogP) is 2.99. The SMILES string of the molecule is CC=Cc1cc(CC)ccc1O. The van der Waals surface area contributed by atoms with Crippen molar-refractivity contribution in [2.24, 2.45) is 0 Å². The van der Waals surface area contributed by atoms with Gasteiger partial charge in [0, 0.05) is 5.56 Å². The van der Waals surface area contributed by atoms with Crippen LogP contribution in [0.4, 0.5) is 0 Å². The van der Waals surface area contributed by atoms with Gasteiger partial charge >= 0.3 is 0 Å². The fraction of sp³-hybridized carbons (Fsp3) is 0.273. The Morgan fingerprint density at radius 2 is 2.17 bits per heavy atom. The van der Waals surface area contributed by atoms with Crippen molar-refractivity contribution in [3.8, 4) is 5.75 Å². The van der Waals surface area contributed by atoms with Crippen LogP contribution < -0.4 is 0 Å². The lowest BCUT2D eigenvalue weighted by atomic mass is 10.1. The van der Waals surface area contributed by atoms with Crippen LogP contribution in [0.5, 0.6) is 5.75 Å². The van der Waals surface area contributed by atoms with E-state index in [2.05, 4.69) is 6.92 Å². The Kier molecular flexibility index (Phi) is 2.92. The van der Waals surface area contributed by atoms with Gasteiger partial charge < -0.3 is 5.11 Å². The molecular weight excluding hydrogens is 148 g/mol. The molecule has 0 saturated heterocycles. The quantitative estimate of drug-likeness (QED) is 0.708. The minimum Gasteiger partial charge on any atom is -0.507 e. The maximum absolute atomic E-state index is 9.41. The van der Waals surface area contributed by atoms with Crippen molar-refractivity contribution in [2.75, 3.05) is 0 Å². The molecule has 0 aliphatic heterocycles. The molecule has 0 aliphatic rings. The average molecular weight is 162 g/mol. The van der Waals surface area contributed by atoms with Gasteiger partial charge in [-0.2, -0.15) is 0 Å². The van der Waals surface area contributed by atoms with E-state index < -0.39 is 0 Å². The summed E-state index contributed by atoms with van der Waals surface area (Å²) in [7, 11) is 0. The molecule has 0 bridgehead atoms. The van der Waals surface area contributed by atoms with Gasteiger partial charge in [-0.3, -0.25) is 0 Å². The molecule has 0 unspecified atom stereocenters. The molecule has 0 spiro atoms. The molecule has 1 nitrogen and oxygen atoms in total. The van der Waals surface area contributed by atoms with Crippen LogP contribution in [0.2, 0.25) is 0 Å². The minimum absolute atomic E-state index is 0.352. The number of hydrogen-bond acceptors (Lipinski definition) is 1. The van der Waals surface area contributed by atoms with Crippen LogP contribution in [0.1, 0.15) is 25.0 Å². The Hall–Kier alpha value is -1.24. The van der Waals surface area contributed by atoms with Crippen LogP contribution in [-0.2, 0) is 6.42 Å². The van der Waals surface area contributed by atoms with E-state index >= 15 is 0 Å². The molecule has 0 atom stereocenters. The molecule has 1 rings (SSSR count). The summed E-state index contributed by atoms with van der Waals surface area (Å²) in [6.45, 7) is 4.05. The monoisotopic (exact) mass is 162 g/mol. The molecule has 0 aromatic heterocycles. The van der Waals surface area contributed by atoms with Gasteiger partial charge in [0.25, 0.3) is 0 Å². The summed E-state index contributed by atoms with van der Waals surface area (Å²) in [4.78, 5) is 0. The van der Waals surface area contributed by atoms with Crippen LogP contribution in [0.3, 0.4) is 0 Å². The lowest BCUT2D eigenvalue weighted by Gasteiger charge is -2.01.